The number of aliphatic hydroxyl groups excluding tert-OH is 4. The Morgan fingerprint density at radius 2 is 1.60 bits per heavy atom. The van der Waals surface area contributed by atoms with Crippen LogP contribution in [0.25, 0.3) is 11.1 Å². The molecule has 8 nitrogen and oxygen atoms in total. The first-order valence-corrected chi connectivity index (χ1v) is 15.1. The van der Waals surface area contributed by atoms with E-state index in [1.54, 1.807) is 11.0 Å². The molecule has 5 N–H and O–H groups in total. The van der Waals surface area contributed by atoms with Crippen LogP contribution in [0.4, 0.5) is 10.1 Å². The van der Waals surface area contributed by atoms with Gasteiger partial charge >= 0.3 is 0 Å². The van der Waals surface area contributed by atoms with Crippen molar-refractivity contribution in [2.45, 2.75) is 55.8 Å². The van der Waals surface area contributed by atoms with Crippen molar-refractivity contribution in [3.05, 3.63) is 120 Å². The molecule has 2 aliphatic rings. The second-order valence-electron chi connectivity index (χ2n) is 11.8. The van der Waals surface area contributed by atoms with E-state index in [4.69, 9.17) is 4.74 Å². The third kappa shape index (κ3) is 6.22. The Labute approximate surface area is 260 Å². The first-order valence-electron chi connectivity index (χ1n) is 15.1. The number of nitrogens with zero attached hydrogens (tertiary/aromatic N) is 1. The van der Waals surface area contributed by atoms with Gasteiger partial charge in [0.05, 0.1) is 36.9 Å². The summed E-state index contributed by atoms with van der Waals surface area (Å²) in [7, 11) is 0. The number of aromatic hydroxyl groups is 1. The van der Waals surface area contributed by atoms with Crippen LogP contribution in [-0.4, -0.2) is 56.4 Å². The number of phenols is 1. The predicted octanol–water partition coefficient (Wildman–Crippen LogP) is 4.96. The zero-order chi connectivity index (χ0) is 31.7. The number of ether oxygens (including phenoxy) is 1. The van der Waals surface area contributed by atoms with Crippen LogP contribution >= 0.6 is 0 Å². The zero-order valence-corrected chi connectivity index (χ0v) is 24.5. The van der Waals surface area contributed by atoms with E-state index in [0.29, 0.717) is 29.7 Å². The lowest BCUT2D eigenvalue weighted by atomic mass is 9.77. The predicted molar refractivity (Wildman–Crippen MR) is 166 cm³/mol. The number of amides is 1. The molecule has 0 bridgehead atoms. The Morgan fingerprint density at radius 3 is 2.27 bits per heavy atom. The van der Waals surface area contributed by atoms with Gasteiger partial charge < -0.3 is 35.2 Å². The van der Waals surface area contributed by atoms with Gasteiger partial charge in [-0.25, -0.2) is 4.39 Å². The minimum absolute atomic E-state index is 0.0394. The monoisotopic (exact) mass is 613 g/mol. The molecule has 5 unspecified atom stereocenters. The first kappa shape index (κ1) is 30.9. The van der Waals surface area contributed by atoms with E-state index in [0.717, 1.165) is 16.7 Å². The van der Waals surface area contributed by atoms with Crippen LogP contribution in [-0.2, 0) is 9.53 Å². The van der Waals surface area contributed by atoms with Crippen LogP contribution in [0.1, 0.15) is 54.2 Å². The van der Waals surface area contributed by atoms with Crippen molar-refractivity contribution in [3.63, 3.8) is 0 Å². The molecule has 0 spiro atoms. The maximum absolute atomic E-state index is 13.4. The number of anilines is 1. The summed E-state index contributed by atoms with van der Waals surface area (Å²) in [6.45, 7) is -0.400. The molecule has 2 heterocycles. The number of halogens is 1. The van der Waals surface area contributed by atoms with Crippen molar-refractivity contribution in [1.82, 2.24) is 0 Å². The number of para-hydroxylation sites is 1. The van der Waals surface area contributed by atoms with E-state index >= 15 is 0 Å². The molecule has 2 saturated heterocycles. The number of carbonyl (C=O) groups is 1. The van der Waals surface area contributed by atoms with Crippen LogP contribution in [0, 0.1) is 11.7 Å². The number of hydrogen-bond acceptors (Lipinski definition) is 7. The molecule has 0 aliphatic carbocycles. The van der Waals surface area contributed by atoms with Crippen LogP contribution in [0.3, 0.4) is 0 Å². The van der Waals surface area contributed by atoms with Crippen molar-refractivity contribution in [2.24, 2.45) is 5.92 Å². The molecule has 4 aromatic carbocycles. The summed E-state index contributed by atoms with van der Waals surface area (Å²) in [4.78, 5) is 15.1. The number of benzene rings is 4. The zero-order valence-electron chi connectivity index (χ0n) is 24.5. The summed E-state index contributed by atoms with van der Waals surface area (Å²) in [5.41, 5.74) is 4.28. The first-order chi connectivity index (χ1) is 21.7. The second-order valence-corrected chi connectivity index (χ2v) is 11.8. The van der Waals surface area contributed by atoms with Crippen LogP contribution in [0.15, 0.2) is 97.1 Å². The number of aliphatic hydroxyl groups is 4. The molecular formula is C36H36FNO7. The van der Waals surface area contributed by atoms with Gasteiger partial charge in [-0.05, 0) is 65.4 Å². The summed E-state index contributed by atoms with van der Waals surface area (Å²) in [5, 5.41) is 51.8. The van der Waals surface area contributed by atoms with Crippen LogP contribution in [0.5, 0.6) is 5.75 Å². The van der Waals surface area contributed by atoms with Crippen molar-refractivity contribution in [3.8, 4) is 16.9 Å². The van der Waals surface area contributed by atoms with Gasteiger partial charge in [0.25, 0.3) is 0 Å². The lowest BCUT2D eigenvalue weighted by Gasteiger charge is -2.48. The Hall–Kier alpha value is -4.12. The molecule has 9 heteroatoms. The molecule has 45 heavy (non-hydrogen) atoms. The molecule has 4 aromatic rings. The van der Waals surface area contributed by atoms with E-state index < -0.39 is 49.1 Å². The maximum atomic E-state index is 13.4. The Kier molecular flexibility index (Phi) is 8.98. The van der Waals surface area contributed by atoms with Gasteiger partial charge in [0.15, 0.2) is 0 Å². The summed E-state index contributed by atoms with van der Waals surface area (Å²) < 4.78 is 19.2. The molecule has 7 atom stereocenters. The molecular weight excluding hydrogens is 577 g/mol. The quantitative estimate of drug-likeness (QED) is 0.169. The highest BCUT2D eigenvalue weighted by molar-refractivity contribution is 6.03. The average Bonchev–Trinajstić information content (AvgIpc) is 3.06. The minimum Gasteiger partial charge on any atom is -0.508 e. The van der Waals surface area contributed by atoms with E-state index in [-0.39, 0.29) is 23.9 Å². The number of carbonyl (C=O) groups excluding carboxylic acids is 1. The summed E-state index contributed by atoms with van der Waals surface area (Å²) in [6, 6.07) is 27.3. The molecule has 0 radical (unpaired) electrons. The van der Waals surface area contributed by atoms with Crippen molar-refractivity contribution < 1.29 is 39.5 Å². The normalized spacial score (nSPS) is 25.5. The van der Waals surface area contributed by atoms with Crippen LogP contribution < -0.4 is 4.90 Å². The second kappa shape index (κ2) is 13.1. The lowest BCUT2D eigenvalue weighted by Crippen LogP contribution is -2.55. The van der Waals surface area contributed by atoms with Crippen molar-refractivity contribution in [1.29, 1.82) is 0 Å². The van der Waals surface area contributed by atoms with E-state index in [1.165, 1.54) is 24.3 Å². The summed E-state index contributed by atoms with van der Waals surface area (Å²) in [5.74, 6) is -0.910. The van der Waals surface area contributed by atoms with E-state index in [9.17, 15) is 34.7 Å². The Balaban J connectivity index is 1.22. The van der Waals surface area contributed by atoms with Crippen LogP contribution in [0.2, 0.25) is 0 Å². The number of hydrogen-bond donors (Lipinski definition) is 5. The van der Waals surface area contributed by atoms with Gasteiger partial charge in [0.1, 0.15) is 23.8 Å². The molecule has 0 aromatic heterocycles. The highest BCUT2D eigenvalue weighted by Gasteiger charge is 2.49. The third-order valence-electron chi connectivity index (χ3n) is 8.97. The molecule has 1 amide bonds. The van der Waals surface area contributed by atoms with E-state index in [1.807, 2.05) is 66.7 Å². The van der Waals surface area contributed by atoms with Gasteiger partial charge in [-0.15, -0.1) is 0 Å². The SMILES string of the molecule is O=C1C(CCC(O)c2ccc(F)cc2)[C@H](c2ccc(-c3ccc(C4CC(O)[C@H](O)C(CO)O4)cc3)cc2O)N1c1ccccc1. The van der Waals surface area contributed by atoms with E-state index in [2.05, 4.69) is 0 Å². The fraction of sp³-hybridized carbons (Fsp3) is 0.306. The maximum Gasteiger partial charge on any atom is 0.233 e. The minimum atomic E-state index is -1.14. The van der Waals surface area contributed by atoms with Crippen molar-refractivity contribution in [2.75, 3.05) is 11.5 Å². The number of β-lactam (4-membered cyclic amide) rings is 1. The van der Waals surface area contributed by atoms with Crippen molar-refractivity contribution >= 4 is 11.6 Å². The van der Waals surface area contributed by atoms with Gasteiger partial charge in [0, 0.05) is 17.7 Å². The summed E-state index contributed by atoms with van der Waals surface area (Å²) >= 11 is 0. The third-order valence-corrected chi connectivity index (χ3v) is 8.97. The van der Waals surface area contributed by atoms with Gasteiger partial charge in [0.2, 0.25) is 5.91 Å². The number of rotatable bonds is 9. The largest absolute Gasteiger partial charge is 0.508 e. The highest BCUT2D eigenvalue weighted by Crippen LogP contribution is 2.49. The fourth-order valence-corrected chi connectivity index (χ4v) is 6.43. The molecule has 234 valence electrons. The Bertz CT molecular complexity index is 1620. The fourth-order valence-electron chi connectivity index (χ4n) is 6.43. The smallest absolute Gasteiger partial charge is 0.233 e. The van der Waals surface area contributed by atoms with Gasteiger partial charge in [-0.3, -0.25) is 4.79 Å². The lowest BCUT2D eigenvalue weighted by molar-refractivity contribution is -0.181. The standard InChI is InChI=1S/C36H36FNO7/c37-25-13-10-22(11-14-25)29(40)17-16-28-34(38(36(28)44)26-4-2-1-3-5-26)27-15-12-24(18-30(27)41)21-6-8-23(9-7-21)32-19-31(42)35(43)33(20-39)45-32/h1-15,18,28-29,31-35,39-43H,16-17,19-20H2/t28?,29?,31?,32?,33?,34-,35-/m0/s1. The molecule has 2 aliphatic heterocycles. The molecule has 2 fully saturated rings. The highest BCUT2D eigenvalue weighted by atomic mass is 19.1. The molecule has 0 saturated carbocycles. The van der Waals surface area contributed by atoms with Gasteiger partial charge in [-0.2, -0.15) is 0 Å². The average molecular weight is 614 g/mol. The molecule has 6 rings (SSSR count). The van der Waals surface area contributed by atoms with Gasteiger partial charge in [-0.1, -0.05) is 66.7 Å². The Morgan fingerprint density at radius 1 is 0.911 bits per heavy atom. The number of phenolic OH excluding ortho intramolecular Hbond substituents is 1. The topological polar surface area (TPSA) is 131 Å². The summed E-state index contributed by atoms with van der Waals surface area (Å²) in [6.07, 6.45) is -3.48.